The van der Waals surface area contributed by atoms with Crippen LogP contribution in [0.4, 0.5) is 5.69 Å². The minimum atomic E-state index is -3.53. The zero-order valence-corrected chi connectivity index (χ0v) is 18.1. The van der Waals surface area contributed by atoms with E-state index >= 15 is 0 Å². The number of anilines is 1. The van der Waals surface area contributed by atoms with Gasteiger partial charge in [-0.1, -0.05) is 17.7 Å². The maximum absolute atomic E-state index is 13.0. The summed E-state index contributed by atoms with van der Waals surface area (Å²) in [6.07, 6.45) is 1.20. The van der Waals surface area contributed by atoms with Crippen molar-refractivity contribution in [2.24, 2.45) is 0 Å². The molecule has 2 aliphatic rings. The van der Waals surface area contributed by atoms with Gasteiger partial charge in [-0.25, -0.2) is 8.42 Å². The van der Waals surface area contributed by atoms with Crippen LogP contribution in [0.15, 0.2) is 53.4 Å². The topological polar surface area (TPSA) is 66.9 Å². The number of methoxy groups -OCH3 is 1. The van der Waals surface area contributed by atoms with Crippen molar-refractivity contribution in [1.29, 1.82) is 0 Å². The van der Waals surface area contributed by atoms with Gasteiger partial charge >= 0.3 is 0 Å². The maximum Gasteiger partial charge on any atom is 0.243 e. The van der Waals surface area contributed by atoms with E-state index in [0.717, 1.165) is 17.0 Å². The third-order valence-corrected chi connectivity index (χ3v) is 9.05. The van der Waals surface area contributed by atoms with Crippen LogP contribution >= 0.6 is 11.8 Å². The van der Waals surface area contributed by atoms with E-state index in [9.17, 15) is 13.2 Å². The van der Waals surface area contributed by atoms with Gasteiger partial charge in [0.2, 0.25) is 15.9 Å². The second-order valence-corrected chi connectivity index (χ2v) is 10.7. The number of sulfonamides is 1. The lowest BCUT2D eigenvalue weighted by atomic mass is 10.0. The maximum atomic E-state index is 13.0. The van der Waals surface area contributed by atoms with Crippen LogP contribution in [0, 0.1) is 6.92 Å². The van der Waals surface area contributed by atoms with Crippen LogP contribution in [0.5, 0.6) is 5.75 Å². The fourth-order valence-electron chi connectivity index (χ4n) is 3.97. The van der Waals surface area contributed by atoms with E-state index in [1.54, 1.807) is 35.3 Å². The molecule has 0 saturated carbocycles. The van der Waals surface area contributed by atoms with Crippen LogP contribution in [-0.2, 0) is 14.8 Å². The number of amides is 1. The average molecular weight is 433 g/mol. The number of thioether (sulfide) groups is 1. The summed E-state index contributed by atoms with van der Waals surface area (Å²) < 4.78 is 32.8. The van der Waals surface area contributed by atoms with Gasteiger partial charge in [-0.3, -0.25) is 9.69 Å². The molecule has 0 unspecified atom stereocenters. The monoisotopic (exact) mass is 432 g/mol. The van der Waals surface area contributed by atoms with E-state index in [4.69, 9.17) is 4.74 Å². The minimum absolute atomic E-state index is 0.0648. The number of benzene rings is 2. The normalized spacial score (nSPS) is 19.7. The highest BCUT2D eigenvalue weighted by molar-refractivity contribution is 8.02. The van der Waals surface area contributed by atoms with Gasteiger partial charge in [-0.05, 0) is 56.2 Å². The average Bonchev–Trinajstić information content (AvgIpc) is 3.04. The van der Waals surface area contributed by atoms with Crippen LogP contribution in [0.1, 0.15) is 18.4 Å². The molecule has 2 heterocycles. The number of carbonyl (C=O) groups excluding carboxylic acids is 1. The molecule has 154 valence electrons. The van der Waals surface area contributed by atoms with Crippen LogP contribution in [-0.4, -0.2) is 49.5 Å². The van der Waals surface area contributed by atoms with Gasteiger partial charge in [0.05, 0.1) is 22.6 Å². The molecular weight excluding hydrogens is 408 g/mol. The molecule has 2 aliphatic heterocycles. The molecule has 6 nitrogen and oxygen atoms in total. The first-order valence-electron chi connectivity index (χ1n) is 9.54. The molecule has 2 aromatic rings. The van der Waals surface area contributed by atoms with E-state index in [-0.39, 0.29) is 5.91 Å². The van der Waals surface area contributed by atoms with Gasteiger partial charge in [0.15, 0.2) is 0 Å². The summed E-state index contributed by atoms with van der Waals surface area (Å²) in [5.41, 5.74) is 1.85. The van der Waals surface area contributed by atoms with Crippen molar-refractivity contribution in [3.8, 4) is 5.75 Å². The Morgan fingerprint density at radius 2 is 1.62 bits per heavy atom. The highest BCUT2D eigenvalue weighted by atomic mass is 32.2. The predicted molar refractivity (Wildman–Crippen MR) is 115 cm³/mol. The van der Waals surface area contributed by atoms with Gasteiger partial charge in [0.25, 0.3) is 0 Å². The van der Waals surface area contributed by atoms with Crippen molar-refractivity contribution in [2.75, 3.05) is 30.9 Å². The molecular formula is C21H24N2O4S2. The number of piperidine rings is 1. The third kappa shape index (κ3) is 3.65. The summed E-state index contributed by atoms with van der Waals surface area (Å²) in [7, 11) is -1.92. The molecule has 1 amide bonds. The first-order chi connectivity index (χ1) is 13.9. The van der Waals surface area contributed by atoms with E-state index in [1.807, 2.05) is 48.2 Å². The van der Waals surface area contributed by atoms with Crippen LogP contribution < -0.4 is 9.64 Å². The van der Waals surface area contributed by atoms with Crippen molar-refractivity contribution in [3.63, 3.8) is 0 Å². The van der Waals surface area contributed by atoms with Gasteiger partial charge in [-0.2, -0.15) is 4.31 Å². The Morgan fingerprint density at radius 1 is 1.00 bits per heavy atom. The standard InChI is InChI=1S/C21H24N2O4S2/c1-16-3-9-19(10-4-16)29(25,26)22-13-11-21(12-14-22)23(20(24)15-28-21)17-5-7-18(27-2)8-6-17/h3-10H,11-15H2,1-2H3. The Balaban J connectivity index is 1.55. The van der Waals surface area contributed by atoms with Crippen LogP contribution in [0.2, 0.25) is 0 Å². The van der Waals surface area contributed by atoms with Crippen LogP contribution in [0.25, 0.3) is 0 Å². The van der Waals surface area contributed by atoms with E-state index in [1.165, 1.54) is 0 Å². The molecule has 0 bridgehead atoms. The van der Waals surface area contributed by atoms with Crippen molar-refractivity contribution >= 4 is 33.4 Å². The van der Waals surface area contributed by atoms with Crippen molar-refractivity contribution in [1.82, 2.24) is 4.31 Å². The van der Waals surface area contributed by atoms with Crippen molar-refractivity contribution in [2.45, 2.75) is 29.5 Å². The number of rotatable bonds is 4. The summed E-state index contributed by atoms with van der Waals surface area (Å²) in [4.78, 5) is 14.5. The first-order valence-corrected chi connectivity index (χ1v) is 12.0. The quantitative estimate of drug-likeness (QED) is 0.742. The Kier molecular flexibility index (Phi) is 5.35. The fourth-order valence-corrected chi connectivity index (χ4v) is 6.74. The molecule has 2 fully saturated rings. The Labute approximate surface area is 175 Å². The smallest absolute Gasteiger partial charge is 0.243 e. The predicted octanol–water partition coefficient (Wildman–Crippen LogP) is 3.26. The van der Waals surface area contributed by atoms with E-state index < -0.39 is 14.9 Å². The molecule has 4 rings (SSSR count). The molecule has 0 aliphatic carbocycles. The zero-order valence-electron chi connectivity index (χ0n) is 16.5. The van der Waals surface area contributed by atoms with Gasteiger partial charge < -0.3 is 4.74 Å². The van der Waals surface area contributed by atoms with Gasteiger partial charge in [0.1, 0.15) is 5.75 Å². The fraction of sp³-hybridized carbons (Fsp3) is 0.381. The lowest BCUT2D eigenvalue weighted by Gasteiger charge is -2.43. The largest absolute Gasteiger partial charge is 0.497 e. The summed E-state index contributed by atoms with van der Waals surface area (Å²) >= 11 is 1.62. The summed E-state index contributed by atoms with van der Waals surface area (Å²) in [5.74, 6) is 1.22. The highest BCUT2D eigenvalue weighted by Gasteiger charge is 2.50. The summed E-state index contributed by atoms with van der Waals surface area (Å²) in [6, 6.07) is 14.4. The lowest BCUT2D eigenvalue weighted by Crippen LogP contribution is -2.53. The minimum Gasteiger partial charge on any atom is -0.497 e. The second kappa shape index (κ2) is 7.66. The van der Waals surface area contributed by atoms with Crippen molar-refractivity contribution < 1.29 is 17.9 Å². The molecule has 1 spiro atoms. The number of hydrogen-bond donors (Lipinski definition) is 0. The van der Waals surface area contributed by atoms with Gasteiger partial charge in [0, 0.05) is 18.8 Å². The highest BCUT2D eigenvalue weighted by Crippen LogP contribution is 2.47. The Hall–Kier alpha value is -2.03. The number of nitrogens with zero attached hydrogens (tertiary/aromatic N) is 2. The molecule has 0 N–H and O–H groups in total. The molecule has 0 aromatic heterocycles. The zero-order chi connectivity index (χ0) is 20.6. The molecule has 2 aromatic carbocycles. The number of aryl methyl sites for hydroxylation is 1. The first kappa shape index (κ1) is 20.3. The van der Waals surface area contributed by atoms with Gasteiger partial charge in [-0.15, -0.1) is 11.8 Å². The number of hydrogen-bond acceptors (Lipinski definition) is 5. The number of ether oxygens (including phenoxy) is 1. The summed E-state index contributed by atoms with van der Waals surface area (Å²) in [5, 5.41) is 0. The van der Waals surface area contributed by atoms with Crippen LogP contribution in [0.3, 0.4) is 0 Å². The summed E-state index contributed by atoms with van der Waals surface area (Å²) in [6.45, 7) is 2.72. The Morgan fingerprint density at radius 3 is 2.21 bits per heavy atom. The van der Waals surface area contributed by atoms with E-state index in [0.29, 0.717) is 36.6 Å². The lowest BCUT2D eigenvalue weighted by molar-refractivity contribution is -0.116. The van der Waals surface area contributed by atoms with Crippen molar-refractivity contribution in [3.05, 3.63) is 54.1 Å². The molecule has 29 heavy (non-hydrogen) atoms. The SMILES string of the molecule is COc1ccc(N2C(=O)CSC23CCN(S(=O)(=O)c2ccc(C)cc2)CC3)cc1. The third-order valence-electron chi connectivity index (χ3n) is 5.61. The second-order valence-electron chi connectivity index (χ2n) is 7.38. The molecule has 0 atom stereocenters. The van der Waals surface area contributed by atoms with E-state index in [2.05, 4.69) is 0 Å². The molecule has 2 saturated heterocycles. The molecule has 0 radical (unpaired) electrons. The molecule has 8 heteroatoms. The Bertz CT molecular complexity index is 996. The number of carbonyl (C=O) groups is 1.